The van der Waals surface area contributed by atoms with Crippen molar-refractivity contribution < 1.29 is 13.2 Å². The molecule has 1 N–H and O–H groups in total. The van der Waals surface area contributed by atoms with Crippen LogP contribution >= 0.6 is 0 Å². The standard InChI is InChI=1S/C23H30N2O3S/c1-3-19(15-20-9-5-4-6-10-20)17-24-23(26)21-12-11-18(2)22(16-21)25-13-7-8-14-29(25,27)28/h4-6,9-12,16,19H,3,7-8,13-15,17H2,1-2H3,(H,24,26). The number of nitrogens with one attached hydrogen (secondary N) is 1. The fourth-order valence-electron chi connectivity index (χ4n) is 3.73. The van der Waals surface area contributed by atoms with Gasteiger partial charge in [-0.1, -0.05) is 49.7 Å². The van der Waals surface area contributed by atoms with Crippen LogP contribution in [0.25, 0.3) is 0 Å². The summed E-state index contributed by atoms with van der Waals surface area (Å²) in [4.78, 5) is 12.7. The number of rotatable bonds is 7. The first-order chi connectivity index (χ1) is 13.9. The highest BCUT2D eigenvalue weighted by Crippen LogP contribution is 2.28. The van der Waals surface area contributed by atoms with Crippen LogP contribution in [0.4, 0.5) is 5.69 Å². The molecule has 1 saturated heterocycles. The zero-order chi connectivity index (χ0) is 20.9. The van der Waals surface area contributed by atoms with Crippen LogP contribution in [-0.4, -0.2) is 33.2 Å². The van der Waals surface area contributed by atoms with E-state index in [9.17, 15) is 13.2 Å². The number of aryl methyl sites for hydroxylation is 1. The Balaban J connectivity index is 1.69. The number of nitrogens with zero attached hydrogens (tertiary/aromatic N) is 1. The van der Waals surface area contributed by atoms with Gasteiger partial charge in [0.05, 0.1) is 11.4 Å². The van der Waals surface area contributed by atoms with Crippen molar-refractivity contribution in [2.75, 3.05) is 23.1 Å². The van der Waals surface area contributed by atoms with E-state index in [4.69, 9.17) is 0 Å². The van der Waals surface area contributed by atoms with Crippen LogP contribution in [0.3, 0.4) is 0 Å². The van der Waals surface area contributed by atoms with Crippen LogP contribution in [0.1, 0.15) is 47.7 Å². The Kier molecular flexibility index (Phi) is 6.96. The fraction of sp³-hybridized carbons (Fsp3) is 0.435. The first-order valence-electron chi connectivity index (χ1n) is 10.3. The summed E-state index contributed by atoms with van der Waals surface area (Å²) in [5.74, 6) is 0.362. The van der Waals surface area contributed by atoms with Crippen LogP contribution in [0.5, 0.6) is 0 Å². The van der Waals surface area contributed by atoms with Gasteiger partial charge in [-0.25, -0.2) is 8.42 Å². The second kappa shape index (κ2) is 9.44. The predicted octanol–water partition coefficient (Wildman–Crippen LogP) is 3.92. The Morgan fingerprint density at radius 3 is 2.59 bits per heavy atom. The van der Waals surface area contributed by atoms with Crippen molar-refractivity contribution in [2.45, 2.75) is 39.5 Å². The molecule has 0 saturated carbocycles. The highest BCUT2D eigenvalue weighted by Gasteiger charge is 2.27. The van der Waals surface area contributed by atoms with Gasteiger partial charge in [0.2, 0.25) is 10.0 Å². The van der Waals surface area contributed by atoms with Crippen LogP contribution < -0.4 is 9.62 Å². The van der Waals surface area contributed by atoms with E-state index in [1.54, 1.807) is 12.1 Å². The van der Waals surface area contributed by atoms with Crippen molar-refractivity contribution in [3.8, 4) is 0 Å². The summed E-state index contributed by atoms with van der Waals surface area (Å²) in [6, 6.07) is 15.6. The molecule has 0 aliphatic carbocycles. The molecule has 29 heavy (non-hydrogen) atoms. The molecule has 0 bridgehead atoms. The normalized spacial score (nSPS) is 17.0. The minimum absolute atomic E-state index is 0.160. The van der Waals surface area contributed by atoms with Gasteiger partial charge in [-0.2, -0.15) is 0 Å². The summed E-state index contributed by atoms with van der Waals surface area (Å²) < 4.78 is 26.4. The number of carbonyl (C=O) groups is 1. The summed E-state index contributed by atoms with van der Waals surface area (Å²) in [6.07, 6.45) is 3.42. The summed E-state index contributed by atoms with van der Waals surface area (Å²) in [5.41, 5.74) is 3.25. The van der Waals surface area contributed by atoms with E-state index in [0.29, 0.717) is 36.7 Å². The minimum Gasteiger partial charge on any atom is -0.352 e. The molecule has 1 aliphatic heterocycles. The highest BCUT2D eigenvalue weighted by atomic mass is 32.2. The maximum absolute atomic E-state index is 12.7. The molecule has 6 heteroatoms. The van der Waals surface area contributed by atoms with Crippen LogP contribution in [0.2, 0.25) is 0 Å². The molecule has 5 nitrogen and oxygen atoms in total. The van der Waals surface area contributed by atoms with Crippen molar-refractivity contribution >= 4 is 21.6 Å². The number of hydrogen-bond donors (Lipinski definition) is 1. The first-order valence-corrected chi connectivity index (χ1v) is 11.9. The molecular weight excluding hydrogens is 384 g/mol. The average Bonchev–Trinajstić information content (AvgIpc) is 2.72. The number of amides is 1. The molecule has 1 aliphatic rings. The Morgan fingerprint density at radius 2 is 1.90 bits per heavy atom. The monoisotopic (exact) mass is 414 g/mol. The lowest BCUT2D eigenvalue weighted by atomic mass is 9.97. The molecule has 1 unspecified atom stereocenters. The Morgan fingerprint density at radius 1 is 1.14 bits per heavy atom. The summed E-state index contributed by atoms with van der Waals surface area (Å²) in [7, 11) is -3.30. The predicted molar refractivity (Wildman–Crippen MR) is 118 cm³/mol. The van der Waals surface area contributed by atoms with Crippen molar-refractivity contribution in [2.24, 2.45) is 5.92 Å². The van der Waals surface area contributed by atoms with Gasteiger partial charge in [0, 0.05) is 18.7 Å². The van der Waals surface area contributed by atoms with Crippen LogP contribution in [-0.2, 0) is 16.4 Å². The molecule has 1 atom stereocenters. The van der Waals surface area contributed by atoms with E-state index in [-0.39, 0.29) is 11.7 Å². The van der Waals surface area contributed by atoms with Gasteiger partial charge in [-0.05, 0) is 55.4 Å². The van der Waals surface area contributed by atoms with Gasteiger partial charge in [-0.3, -0.25) is 9.10 Å². The van der Waals surface area contributed by atoms with E-state index in [1.165, 1.54) is 9.87 Å². The van der Waals surface area contributed by atoms with Crippen LogP contribution in [0, 0.1) is 12.8 Å². The highest BCUT2D eigenvalue weighted by molar-refractivity contribution is 7.92. The topological polar surface area (TPSA) is 66.5 Å². The van der Waals surface area contributed by atoms with Gasteiger partial charge in [0.25, 0.3) is 5.91 Å². The second-order valence-electron chi connectivity index (χ2n) is 7.77. The first kappa shape index (κ1) is 21.4. The molecule has 2 aromatic carbocycles. The SMILES string of the molecule is CCC(CNC(=O)c1ccc(C)c(N2CCCCS2(=O)=O)c1)Cc1ccccc1. The van der Waals surface area contributed by atoms with Crippen molar-refractivity contribution in [1.82, 2.24) is 5.32 Å². The largest absolute Gasteiger partial charge is 0.352 e. The maximum atomic E-state index is 12.7. The smallest absolute Gasteiger partial charge is 0.251 e. The van der Waals surface area contributed by atoms with E-state index in [1.807, 2.05) is 31.2 Å². The lowest BCUT2D eigenvalue weighted by molar-refractivity contribution is 0.0946. The Bertz CT molecular complexity index is 942. The van der Waals surface area contributed by atoms with Gasteiger partial charge < -0.3 is 5.32 Å². The summed E-state index contributed by atoms with van der Waals surface area (Å²) in [5, 5.41) is 3.03. The summed E-state index contributed by atoms with van der Waals surface area (Å²) in [6.45, 7) is 5.08. The maximum Gasteiger partial charge on any atom is 0.251 e. The average molecular weight is 415 g/mol. The van der Waals surface area contributed by atoms with Crippen molar-refractivity contribution in [3.05, 3.63) is 65.2 Å². The minimum atomic E-state index is -3.30. The number of anilines is 1. The van der Waals surface area contributed by atoms with E-state index < -0.39 is 10.0 Å². The van der Waals surface area contributed by atoms with Crippen LogP contribution in [0.15, 0.2) is 48.5 Å². The number of sulfonamides is 1. The fourth-order valence-corrected chi connectivity index (χ4v) is 5.42. The van der Waals surface area contributed by atoms with E-state index in [0.717, 1.165) is 24.8 Å². The Hall–Kier alpha value is -2.34. The quantitative estimate of drug-likeness (QED) is 0.747. The molecule has 3 rings (SSSR count). The molecule has 2 aromatic rings. The zero-order valence-electron chi connectivity index (χ0n) is 17.2. The zero-order valence-corrected chi connectivity index (χ0v) is 18.0. The number of benzene rings is 2. The lowest BCUT2D eigenvalue weighted by Crippen LogP contribution is -2.38. The van der Waals surface area contributed by atoms with Gasteiger partial charge in [0.15, 0.2) is 0 Å². The number of carbonyl (C=O) groups excluding carboxylic acids is 1. The van der Waals surface area contributed by atoms with Crippen molar-refractivity contribution in [1.29, 1.82) is 0 Å². The molecule has 0 radical (unpaired) electrons. The van der Waals surface area contributed by atoms with Gasteiger partial charge in [0.1, 0.15) is 0 Å². The third-order valence-electron chi connectivity index (χ3n) is 5.59. The Labute approximate surface area is 174 Å². The second-order valence-corrected chi connectivity index (χ2v) is 9.78. The molecule has 0 aromatic heterocycles. The van der Waals surface area contributed by atoms with Gasteiger partial charge in [-0.15, -0.1) is 0 Å². The molecule has 156 valence electrons. The van der Waals surface area contributed by atoms with E-state index >= 15 is 0 Å². The summed E-state index contributed by atoms with van der Waals surface area (Å²) >= 11 is 0. The third-order valence-corrected chi connectivity index (χ3v) is 7.44. The molecule has 0 spiro atoms. The third kappa shape index (κ3) is 5.38. The molecule has 1 fully saturated rings. The number of hydrogen-bond acceptors (Lipinski definition) is 3. The van der Waals surface area contributed by atoms with Crippen molar-refractivity contribution in [3.63, 3.8) is 0 Å². The molecular formula is C23H30N2O3S. The molecule has 1 amide bonds. The van der Waals surface area contributed by atoms with Gasteiger partial charge >= 0.3 is 0 Å². The molecule has 1 heterocycles. The lowest BCUT2D eigenvalue weighted by Gasteiger charge is -2.29. The van der Waals surface area contributed by atoms with E-state index in [2.05, 4.69) is 24.4 Å².